The Labute approximate surface area is 189 Å². The lowest BCUT2D eigenvalue weighted by Crippen LogP contribution is -2.54. The van der Waals surface area contributed by atoms with Gasteiger partial charge in [0, 0.05) is 25.6 Å². The largest absolute Gasteiger partial charge is 0.484 e. The number of carbonyl (C=O) groups excluding carboxylic acids is 5. The number of piperidine rings is 2. The zero-order chi connectivity index (χ0) is 23.5. The predicted octanol–water partition coefficient (Wildman–Crippen LogP) is 0.785. The van der Waals surface area contributed by atoms with E-state index < -0.39 is 29.7 Å². The maximum atomic E-state index is 12.9. The maximum absolute atomic E-state index is 12.9. The van der Waals surface area contributed by atoms with Crippen molar-refractivity contribution < 1.29 is 28.7 Å². The van der Waals surface area contributed by atoms with Gasteiger partial charge < -0.3 is 9.64 Å². The molecule has 0 bridgehead atoms. The lowest BCUT2D eigenvalue weighted by Gasteiger charge is -2.30. The predicted molar refractivity (Wildman–Crippen MR) is 113 cm³/mol. The molecule has 1 unspecified atom stereocenters. The molecule has 2 saturated heterocycles. The van der Waals surface area contributed by atoms with Crippen molar-refractivity contribution in [3.05, 3.63) is 41.5 Å². The van der Waals surface area contributed by atoms with Crippen molar-refractivity contribution >= 4 is 29.5 Å². The van der Waals surface area contributed by atoms with Crippen molar-refractivity contribution in [2.45, 2.75) is 31.7 Å². The fourth-order valence-corrected chi connectivity index (χ4v) is 4.30. The van der Waals surface area contributed by atoms with Crippen LogP contribution in [0.3, 0.4) is 0 Å². The highest BCUT2D eigenvalue weighted by Gasteiger charge is 2.44. The Morgan fingerprint density at radius 3 is 2.55 bits per heavy atom. The lowest BCUT2D eigenvalue weighted by atomic mass is 9.96. The highest BCUT2D eigenvalue weighted by Crippen LogP contribution is 2.30. The van der Waals surface area contributed by atoms with Crippen LogP contribution in [0.5, 0.6) is 5.75 Å². The fraction of sp³-hybridized carbons (Fsp3) is 0.391. The summed E-state index contributed by atoms with van der Waals surface area (Å²) < 4.78 is 5.58. The third-order valence-electron chi connectivity index (χ3n) is 6.11. The van der Waals surface area contributed by atoms with Gasteiger partial charge in [-0.25, -0.2) is 0 Å². The van der Waals surface area contributed by atoms with Gasteiger partial charge in [-0.15, -0.1) is 0 Å². The number of benzene rings is 1. The minimum Gasteiger partial charge on any atom is -0.484 e. The van der Waals surface area contributed by atoms with Crippen LogP contribution >= 0.6 is 0 Å². The van der Waals surface area contributed by atoms with E-state index in [1.165, 1.54) is 24.3 Å². The summed E-state index contributed by atoms with van der Waals surface area (Å²) >= 11 is 0. The Hall–Kier alpha value is -4.00. The van der Waals surface area contributed by atoms with Gasteiger partial charge in [-0.1, -0.05) is 6.08 Å². The van der Waals surface area contributed by atoms with Crippen LogP contribution in [0.15, 0.2) is 30.4 Å². The number of nitrogens with zero attached hydrogens (tertiary/aromatic N) is 3. The van der Waals surface area contributed by atoms with Crippen LogP contribution in [0.1, 0.15) is 46.4 Å². The summed E-state index contributed by atoms with van der Waals surface area (Å²) in [4.78, 5) is 64.2. The Balaban J connectivity index is 1.37. The molecular weight excluding hydrogens is 428 g/mol. The monoisotopic (exact) mass is 450 g/mol. The van der Waals surface area contributed by atoms with E-state index in [4.69, 9.17) is 10.00 Å². The molecule has 2 fully saturated rings. The Bertz CT molecular complexity index is 1100. The summed E-state index contributed by atoms with van der Waals surface area (Å²) in [6, 6.07) is 5.28. The normalized spacial score (nSPS) is 21.2. The molecule has 3 aliphatic heterocycles. The highest BCUT2D eigenvalue weighted by molar-refractivity contribution is 6.23. The summed E-state index contributed by atoms with van der Waals surface area (Å²) in [6.45, 7) is 0.928. The van der Waals surface area contributed by atoms with E-state index in [-0.39, 0.29) is 48.2 Å². The van der Waals surface area contributed by atoms with E-state index in [2.05, 4.69) is 5.32 Å². The fourth-order valence-electron chi connectivity index (χ4n) is 4.30. The number of allylic oxidation sites excluding steroid dienone is 2. The van der Waals surface area contributed by atoms with E-state index >= 15 is 0 Å². The molecule has 0 aromatic heterocycles. The summed E-state index contributed by atoms with van der Waals surface area (Å²) in [5.74, 6) is -1.98. The van der Waals surface area contributed by atoms with Crippen LogP contribution < -0.4 is 10.1 Å². The molecule has 170 valence electrons. The molecule has 3 heterocycles. The van der Waals surface area contributed by atoms with Gasteiger partial charge in [-0.3, -0.25) is 34.2 Å². The number of hydrogen-bond acceptors (Lipinski definition) is 7. The number of fused-ring (bicyclic) bond motifs is 1. The zero-order valence-corrected chi connectivity index (χ0v) is 17.8. The minimum absolute atomic E-state index is 0.0478. The molecule has 0 saturated carbocycles. The molecule has 10 nitrogen and oxygen atoms in total. The zero-order valence-electron chi connectivity index (χ0n) is 17.8. The Morgan fingerprint density at radius 1 is 1.12 bits per heavy atom. The van der Waals surface area contributed by atoms with Crippen molar-refractivity contribution in [3.8, 4) is 11.8 Å². The van der Waals surface area contributed by atoms with Gasteiger partial charge in [0.05, 0.1) is 17.2 Å². The molecule has 1 N–H and O–H groups in total. The van der Waals surface area contributed by atoms with Crippen molar-refractivity contribution in [1.29, 1.82) is 5.26 Å². The summed E-state index contributed by atoms with van der Waals surface area (Å²) in [6.07, 6.45) is 5.00. The molecule has 0 radical (unpaired) electrons. The number of nitriles is 1. The van der Waals surface area contributed by atoms with Gasteiger partial charge in [0.2, 0.25) is 11.8 Å². The second kappa shape index (κ2) is 9.24. The van der Waals surface area contributed by atoms with Gasteiger partial charge in [0.1, 0.15) is 11.8 Å². The topological polar surface area (TPSA) is 137 Å². The van der Waals surface area contributed by atoms with Crippen LogP contribution in [0.2, 0.25) is 0 Å². The first-order valence-electron chi connectivity index (χ1n) is 10.7. The number of rotatable bonds is 5. The number of imide groups is 2. The number of ether oxygens (including phenoxy) is 1. The molecule has 4 rings (SSSR count). The highest BCUT2D eigenvalue weighted by atomic mass is 16.5. The summed E-state index contributed by atoms with van der Waals surface area (Å²) in [5.41, 5.74) is 0.246. The molecule has 1 atom stereocenters. The maximum Gasteiger partial charge on any atom is 0.262 e. The first-order valence-corrected chi connectivity index (χ1v) is 10.7. The minimum atomic E-state index is -1.04. The molecule has 1 aromatic rings. The van der Waals surface area contributed by atoms with Crippen molar-refractivity contribution in [2.24, 2.45) is 5.92 Å². The first kappa shape index (κ1) is 22.2. The van der Waals surface area contributed by atoms with Gasteiger partial charge in [-0.2, -0.15) is 5.26 Å². The van der Waals surface area contributed by atoms with E-state index in [0.717, 1.165) is 17.7 Å². The third-order valence-corrected chi connectivity index (χ3v) is 6.11. The molecule has 1 aromatic carbocycles. The van der Waals surface area contributed by atoms with Crippen molar-refractivity contribution in [2.75, 3.05) is 19.7 Å². The molecule has 10 heteroatoms. The number of hydrogen-bond donors (Lipinski definition) is 1. The van der Waals surface area contributed by atoms with Crippen molar-refractivity contribution in [3.63, 3.8) is 0 Å². The smallest absolute Gasteiger partial charge is 0.262 e. The molecule has 5 amide bonds. The average molecular weight is 450 g/mol. The molecule has 3 aliphatic rings. The number of likely N-dealkylation sites (tertiary alicyclic amines) is 1. The molecule has 0 aliphatic carbocycles. The van der Waals surface area contributed by atoms with Crippen LogP contribution in [0, 0.1) is 17.2 Å². The number of nitrogens with one attached hydrogen (secondary N) is 1. The first-order chi connectivity index (χ1) is 15.9. The van der Waals surface area contributed by atoms with Gasteiger partial charge in [0.15, 0.2) is 6.61 Å². The Kier molecular flexibility index (Phi) is 6.22. The van der Waals surface area contributed by atoms with E-state index in [1.807, 2.05) is 12.1 Å². The molecule has 33 heavy (non-hydrogen) atoms. The molecular formula is C23H22N4O6. The lowest BCUT2D eigenvalue weighted by molar-refractivity contribution is -0.136. The van der Waals surface area contributed by atoms with Gasteiger partial charge in [0.25, 0.3) is 17.7 Å². The van der Waals surface area contributed by atoms with Crippen LogP contribution in [-0.2, 0) is 14.4 Å². The van der Waals surface area contributed by atoms with Crippen LogP contribution in [-0.4, -0.2) is 65.1 Å². The van der Waals surface area contributed by atoms with Gasteiger partial charge >= 0.3 is 0 Å². The van der Waals surface area contributed by atoms with E-state index in [1.54, 1.807) is 4.90 Å². The number of amides is 5. The van der Waals surface area contributed by atoms with Crippen molar-refractivity contribution in [1.82, 2.24) is 15.1 Å². The van der Waals surface area contributed by atoms with E-state index in [0.29, 0.717) is 13.1 Å². The van der Waals surface area contributed by atoms with E-state index in [9.17, 15) is 24.0 Å². The summed E-state index contributed by atoms with van der Waals surface area (Å²) in [5, 5.41) is 10.8. The van der Waals surface area contributed by atoms with Gasteiger partial charge in [-0.05, 0) is 43.4 Å². The summed E-state index contributed by atoms with van der Waals surface area (Å²) in [7, 11) is 0. The second-order valence-electron chi connectivity index (χ2n) is 8.15. The Morgan fingerprint density at radius 2 is 1.85 bits per heavy atom. The molecule has 0 spiro atoms. The SMILES string of the molecule is N#CC=CC1CCN(C(=O)COc2ccc3c(c2)C(=O)N(C2CCC(=O)NC2=O)C3=O)CC1. The average Bonchev–Trinajstić information content (AvgIpc) is 3.06. The third kappa shape index (κ3) is 4.48. The van der Waals surface area contributed by atoms with Crippen LogP contribution in [0.25, 0.3) is 0 Å². The second-order valence-corrected chi connectivity index (χ2v) is 8.15. The standard InChI is InChI=1S/C23H22N4O6/c24-9-1-2-14-7-10-26(11-8-14)20(29)13-33-15-3-4-16-17(12-15)23(32)27(22(16)31)18-5-6-19(28)25-21(18)30/h1-4,12,14,18H,5-8,10-11,13H2,(H,25,28,30). The van der Waals surface area contributed by atoms with Crippen LogP contribution in [0.4, 0.5) is 0 Å². The quantitative estimate of drug-likeness (QED) is 0.517. The number of carbonyl (C=O) groups is 5.